The standard InChI is InChI=1S/C64H56BF52Si4.C11H13N2/c1-118(2,29-25-41(66,67)45(74,75)49(82,83)53(90,91)57(98,99)61(106,107)108)37-17-9-33(10-18-37)65(34-11-19-38(20-12-34)119(3,4)30-26-42(68,69)46(76,77)50(84,85)54(92,93)58(100,101)62(109,110)111,35-13-21-39(22-14-35)120(5,6)31-27-43(70,71)47(78,79)51(86,87)55(94,95)59(102,103)63(112,113)114)36-15-23-40(24-16-36)121(7,8)32-28-44(72,73)48(80,81)52(88,89)56(96,97)60(104,105)64(115,116)117;1-12-7-8-13(10-12)9-11-5-3-2-4-6-11/h9-24H,25-32H2,1-8H3;2-8,10H,9H2,1H3/q-1;+1. The Morgan fingerprint density at radius 2 is 0.403 bits per heavy atom. The van der Waals surface area contributed by atoms with Crippen molar-refractivity contribution in [1.82, 2.24) is 4.57 Å². The summed E-state index contributed by atoms with van der Waals surface area (Å²) in [5.74, 6) is -158. The lowest BCUT2D eigenvalue weighted by Crippen LogP contribution is -2.75. The summed E-state index contributed by atoms with van der Waals surface area (Å²) in [5, 5.41) is -1.93. The number of hydrogen-bond acceptors (Lipinski definition) is 0. The normalized spacial score (nSPS) is 15.5. The van der Waals surface area contributed by atoms with Gasteiger partial charge in [-0.3, -0.25) is 0 Å². The molecule has 0 amide bonds. The van der Waals surface area contributed by atoms with Crippen LogP contribution in [0.3, 0.4) is 0 Å². The van der Waals surface area contributed by atoms with E-state index in [-0.39, 0.29) is 0 Å². The molecule has 0 atom stereocenters. The van der Waals surface area contributed by atoms with Gasteiger partial charge in [-0.2, -0.15) is 250 Å². The number of hydrogen-bond donors (Lipinski definition) is 0. The van der Waals surface area contributed by atoms with Gasteiger partial charge in [0.15, 0.2) is 0 Å². The molecule has 0 unspecified atom stereocenters. The first-order valence-electron chi connectivity index (χ1n) is 37.5. The lowest BCUT2D eigenvalue weighted by molar-refractivity contribution is -0.671. The second-order valence-corrected chi connectivity index (χ2v) is 53.5. The second kappa shape index (κ2) is 36.0. The third-order valence-electron chi connectivity index (χ3n) is 23.0. The van der Waals surface area contributed by atoms with E-state index in [1.807, 2.05) is 23.9 Å². The zero-order valence-corrected chi connectivity index (χ0v) is 72.8. The Morgan fingerprint density at radius 3 is 0.560 bits per heavy atom. The zero-order valence-electron chi connectivity index (χ0n) is 68.8. The predicted molar refractivity (Wildman–Crippen MR) is 391 cm³/mol. The summed E-state index contributed by atoms with van der Waals surface area (Å²) >= 11 is 0. The van der Waals surface area contributed by atoms with Crippen molar-refractivity contribution < 1.29 is 233 Å². The van der Waals surface area contributed by atoms with Gasteiger partial charge in [-0.1, -0.05) is 201 Å². The minimum atomic E-state index is -8.39. The third kappa shape index (κ3) is 19.9. The van der Waals surface area contributed by atoms with Gasteiger partial charge in [-0.05, 0) is 29.7 Å². The molecule has 2 nitrogen and oxygen atoms in total. The van der Waals surface area contributed by atoms with Crippen LogP contribution in [0.5, 0.6) is 0 Å². The number of nitrogens with zero attached hydrogens (tertiary/aromatic N) is 2. The number of benzene rings is 5. The third-order valence-corrected chi connectivity index (χ3v) is 36.6. The first-order chi connectivity index (χ1) is 59.0. The predicted octanol–water partition coefficient (Wildman–Crippen LogP) is 24.6. The van der Waals surface area contributed by atoms with Gasteiger partial charge < -0.3 is 0 Å². The van der Waals surface area contributed by atoms with Crippen LogP contribution in [0, 0.1) is 0 Å². The van der Waals surface area contributed by atoms with Crippen molar-refractivity contribution in [3.63, 3.8) is 0 Å². The van der Waals surface area contributed by atoms with E-state index in [9.17, 15) is 193 Å². The van der Waals surface area contributed by atoms with Crippen molar-refractivity contribution in [2.45, 2.75) is 252 Å². The second-order valence-electron chi connectivity index (χ2n) is 34.1. The number of halogens is 52. The summed E-state index contributed by atoms with van der Waals surface area (Å²) in [7, 11) is -15.5. The molecule has 0 bridgehead atoms. The molecule has 5 aromatic carbocycles. The van der Waals surface area contributed by atoms with Gasteiger partial charge in [0, 0.05) is 25.7 Å². The fourth-order valence-electron chi connectivity index (χ4n) is 13.7. The van der Waals surface area contributed by atoms with Crippen molar-refractivity contribution >= 4 is 81.0 Å². The van der Waals surface area contributed by atoms with Crippen LogP contribution < -0.4 is 47.2 Å². The molecule has 0 aliphatic rings. The Morgan fingerprint density at radius 1 is 0.231 bits per heavy atom. The molecule has 0 spiro atoms. The van der Waals surface area contributed by atoms with Crippen molar-refractivity contribution in [2.75, 3.05) is 0 Å². The van der Waals surface area contributed by atoms with Gasteiger partial charge in [-0.15, -0.1) is 0 Å². The molecule has 0 N–H and O–H groups in total. The molecule has 762 valence electrons. The van der Waals surface area contributed by atoms with E-state index < -0.39 is 274 Å². The average molecular weight is 2110 g/mol. The summed E-state index contributed by atoms with van der Waals surface area (Å²) in [5.41, 5.74) is -0.676. The van der Waals surface area contributed by atoms with Crippen LogP contribution in [0.1, 0.15) is 31.2 Å². The van der Waals surface area contributed by atoms with E-state index in [1.165, 1.54) is 5.56 Å². The first-order valence-corrected chi connectivity index (χ1v) is 50.3. The topological polar surface area (TPSA) is 8.81 Å². The van der Waals surface area contributed by atoms with Gasteiger partial charge in [0.25, 0.3) is 0 Å². The molecular formula is C75H69BF52N2Si4. The smallest absolute Gasteiger partial charge is 0.240 e. The highest BCUT2D eigenvalue weighted by Crippen LogP contribution is 2.67. The zero-order chi connectivity index (χ0) is 105. The molecule has 0 aliphatic carbocycles. The summed E-state index contributed by atoms with van der Waals surface area (Å²) < 4.78 is 741. The molecule has 134 heavy (non-hydrogen) atoms. The molecule has 6 aromatic rings. The molecule has 1 heterocycles. The van der Waals surface area contributed by atoms with Crippen LogP contribution in [-0.2, 0) is 13.6 Å². The summed E-state index contributed by atoms with van der Waals surface area (Å²) in [4.78, 5) is 0. The molecule has 0 aliphatic heterocycles. The monoisotopic (exact) mass is 2110 g/mol. The van der Waals surface area contributed by atoms with Gasteiger partial charge in [0.1, 0.15) is 25.1 Å². The Balaban J connectivity index is 0.00000222. The van der Waals surface area contributed by atoms with Crippen molar-refractivity contribution in [1.29, 1.82) is 0 Å². The van der Waals surface area contributed by atoms with Crippen LogP contribution in [-0.4, -0.2) is 186 Å². The van der Waals surface area contributed by atoms with Crippen LogP contribution >= 0.6 is 0 Å². The maximum Gasteiger partial charge on any atom is 0.460 e. The summed E-state index contributed by atoms with van der Waals surface area (Å²) in [6.45, 7) is 7.48. The van der Waals surface area contributed by atoms with E-state index in [2.05, 4.69) is 41.4 Å². The molecule has 0 radical (unpaired) electrons. The highest BCUT2D eigenvalue weighted by molar-refractivity contribution is 7.20. The number of alkyl halides is 52. The van der Waals surface area contributed by atoms with Gasteiger partial charge in [-0.25, -0.2) is 9.13 Å². The molecule has 59 heteroatoms. The highest BCUT2D eigenvalue weighted by Gasteiger charge is 2.95. The van der Waals surface area contributed by atoms with E-state index in [4.69, 9.17) is 0 Å². The number of aromatic nitrogens is 2. The Hall–Kier alpha value is -7.40. The Labute approximate surface area is 727 Å². The number of aryl methyl sites for hydroxylation is 1. The molecule has 1 aromatic heterocycles. The van der Waals surface area contributed by atoms with Crippen LogP contribution in [0.4, 0.5) is 228 Å². The van der Waals surface area contributed by atoms with E-state index in [1.54, 1.807) is 0 Å². The Kier molecular flexibility index (Phi) is 31.5. The van der Waals surface area contributed by atoms with Crippen LogP contribution in [0.15, 0.2) is 146 Å². The molecular weight excluding hydrogens is 2040 g/mol. The van der Waals surface area contributed by atoms with E-state index in [0.29, 0.717) is 0 Å². The van der Waals surface area contributed by atoms with Gasteiger partial charge in [0.05, 0.1) is 39.3 Å². The fraction of sp³-hybridized carbons (Fsp3) is 0.560. The van der Waals surface area contributed by atoms with Gasteiger partial charge >= 0.3 is 143 Å². The average Bonchev–Trinajstić information content (AvgIpc) is 0.752. The van der Waals surface area contributed by atoms with Crippen molar-refractivity contribution in [3.8, 4) is 0 Å². The first kappa shape index (κ1) is 117. The van der Waals surface area contributed by atoms with E-state index >= 15 is 35.1 Å². The maximum atomic E-state index is 15.4. The Bertz CT molecular complexity index is 4410. The lowest BCUT2D eigenvalue weighted by atomic mass is 9.13. The summed E-state index contributed by atoms with van der Waals surface area (Å²) in [6.07, 6.45) is -40.4. The van der Waals surface area contributed by atoms with E-state index in [0.717, 1.165) is 156 Å². The SMILES string of the molecule is C[Si](C)(CCC(F)(F)C(F)(F)C(F)(F)C(F)(F)C(F)(F)C(F)(F)F)c1ccc([B-](c2ccc([Si](C)(C)CCC(F)(F)C(F)(F)C(F)(F)C(F)(F)C(F)(F)C(F)(F)F)cc2)(c2ccc([Si](C)(C)CCC(F)(F)C(F)(F)C(F)(F)C(F)(F)C(F)(F)C(F)(F)F)cc2)c2ccc([Si](C)(C)CCC(F)(F)C(F)(F)C(F)(F)C(F)(F)C(F)(F)C(F)(F)F)cc2)cc1.C[n+]1ccn(Cc2ccccc2)c1. The van der Waals surface area contributed by atoms with Crippen LogP contribution in [0.2, 0.25) is 76.6 Å². The quantitative estimate of drug-likeness (QED) is 0.0208. The van der Waals surface area contributed by atoms with Crippen LogP contribution in [0.25, 0.3) is 0 Å². The minimum Gasteiger partial charge on any atom is -0.240 e. The van der Waals surface area contributed by atoms with Gasteiger partial charge in [0.2, 0.25) is 6.33 Å². The summed E-state index contributed by atoms with van der Waals surface area (Å²) in [6, 6.07) is 15.9. The minimum absolute atomic E-state index is 0.483. The lowest BCUT2D eigenvalue weighted by Gasteiger charge is -2.45. The fourth-order valence-corrected chi connectivity index (χ4v) is 22.9. The van der Waals surface area contributed by atoms with Crippen molar-refractivity contribution in [2.24, 2.45) is 7.05 Å². The largest absolute Gasteiger partial charge is 0.460 e. The molecule has 6 rings (SSSR count). The molecule has 0 saturated heterocycles. The van der Waals surface area contributed by atoms with Crippen molar-refractivity contribution in [3.05, 3.63) is 152 Å². The molecule has 0 saturated carbocycles. The number of rotatable bonds is 38. The number of imidazole rings is 1. The molecule has 0 fully saturated rings. The maximum absolute atomic E-state index is 15.4. The highest BCUT2D eigenvalue weighted by atomic mass is 28.3.